The highest BCUT2D eigenvalue weighted by Gasteiger charge is 2.38. The van der Waals surface area contributed by atoms with Gasteiger partial charge in [-0.15, -0.1) is 35.3 Å². The molecular formula is C22H28N2O4S3. The number of amides is 3. The maximum atomic E-state index is 13.1. The molecule has 3 amide bonds. The number of aliphatic hydroxyl groups excluding tert-OH is 1. The quantitative estimate of drug-likeness (QED) is 0.230. The molecule has 168 valence electrons. The van der Waals surface area contributed by atoms with Crippen LogP contribution in [0.1, 0.15) is 19.8 Å². The Morgan fingerprint density at radius 2 is 1.84 bits per heavy atom. The van der Waals surface area contributed by atoms with Crippen LogP contribution in [0.25, 0.3) is 0 Å². The first-order valence-corrected chi connectivity index (χ1v) is 13.4. The van der Waals surface area contributed by atoms with Crippen LogP contribution in [-0.2, 0) is 14.4 Å². The topological polar surface area (TPSA) is 77.9 Å². The molecule has 2 aliphatic rings. The van der Waals surface area contributed by atoms with Crippen LogP contribution in [0.5, 0.6) is 0 Å². The number of nitrogens with zero attached hydrogens (tertiary/aromatic N) is 2. The molecule has 1 N–H and O–H groups in total. The van der Waals surface area contributed by atoms with E-state index in [4.69, 9.17) is 0 Å². The minimum atomic E-state index is -0.421. The third-order valence-corrected chi connectivity index (χ3v) is 8.51. The van der Waals surface area contributed by atoms with E-state index in [9.17, 15) is 19.5 Å². The van der Waals surface area contributed by atoms with Gasteiger partial charge >= 0.3 is 0 Å². The smallest absolute Gasteiger partial charge is 0.247 e. The first-order valence-electron chi connectivity index (χ1n) is 9.64. The van der Waals surface area contributed by atoms with Crippen LogP contribution in [0.2, 0.25) is 0 Å². The van der Waals surface area contributed by atoms with Gasteiger partial charge in [0.15, 0.2) is 0 Å². The van der Waals surface area contributed by atoms with Gasteiger partial charge in [-0.05, 0) is 54.4 Å². The summed E-state index contributed by atoms with van der Waals surface area (Å²) in [6.07, 6.45) is 13.3. The highest BCUT2D eigenvalue weighted by atomic mass is 32.2. The maximum Gasteiger partial charge on any atom is 0.247 e. The molecule has 0 aliphatic carbocycles. The predicted molar refractivity (Wildman–Crippen MR) is 132 cm³/mol. The first-order chi connectivity index (χ1) is 14.8. The highest BCUT2D eigenvalue weighted by Crippen LogP contribution is 2.47. The summed E-state index contributed by atoms with van der Waals surface area (Å²) in [6, 6.07) is 0. The van der Waals surface area contributed by atoms with Crippen LogP contribution < -0.4 is 0 Å². The molecule has 0 atom stereocenters. The van der Waals surface area contributed by atoms with Gasteiger partial charge in [-0.1, -0.05) is 18.7 Å². The van der Waals surface area contributed by atoms with E-state index >= 15 is 0 Å². The third-order valence-electron chi connectivity index (χ3n) is 5.18. The summed E-state index contributed by atoms with van der Waals surface area (Å²) in [5.74, 6) is -1.19. The maximum absolute atomic E-state index is 13.1. The van der Waals surface area contributed by atoms with Gasteiger partial charge in [-0.2, -0.15) is 0 Å². The summed E-state index contributed by atoms with van der Waals surface area (Å²) >= 11 is 4.94. The van der Waals surface area contributed by atoms with Crippen LogP contribution in [0.3, 0.4) is 0 Å². The number of allylic oxidation sites excluding steroid dienone is 3. The molecule has 0 aromatic rings. The Labute approximate surface area is 196 Å². The molecule has 0 unspecified atom stereocenters. The zero-order valence-corrected chi connectivity index (χ0v) is 20.7. The standard InChI is InChI=1S/C22H28N2O4S3/c1-6-7-17(25)21-15(2)16(22(30-4,31-5)11-13-29-3)10-12-23(21)20(28)14-24-18(26)8-9-19(24)27/h6-7,10-11,13,25H,1,8-9,12,14H2,2-5H3/b13-11-,17-7+. The molecule has 31 heavy (non-hydrogen) atoms. The molecule has 0 saturated carbocycles. The summed E-state index contributed by atoms with van der Waals surface area (Å²) in [5.41, 5.74) is 2.12. The molecule has 0 radical (unpaired) electrons. The SMILES string of the molecule is C=C/C=C(/O)C1=C(C)C(C(/C=C\SC)(SC)SC)=CCN1C(=O)CN1C(=O)CCC1=O. The number of carbonyl (C=O) groups excluding carboxylic acids is 3. The fourth-order valence-electron chi connectivity index (χ4n) is 3.61. The fourth-order valence-corrected chi connectivity index (χ4v) is 6.11. The number of aliphatic hydroxyl groups is 1. The van der Waals surface area contributed by atoms with Crippen molar-refractivity contribution in [2.75, 3.05) is 31.9 Å². The molecule has 0 bridgehead atoms. The minimum absolute atomic E-state index is 0.0875. The van der Waals surface area contributed by atoms with E-state index in [1.807, 2.05) is 37.2 Å². The van der Waals surface area contributed by atoms with E-state index in [-0.39, 0.29) is 47.6 Å². The van der Waals surface area contributed by atoms with Crippen molar-refractivity contribution in [1.29, 1.82) is 0 Å². The van der Waals surface area contributed by atoms with Crippen molar-refractivity contribution in [3.8, 4) is 0 Å². The number of likely N-dealkylation sites (tertiary alicyclic amines) is 1. The second-order valence-electron chi connectivity index (χ2n) is 6.87. The van der Waals surface area contributed by atoms with Crippen molar-refractivity contribution in [3.05, 3.63) is 58.9 Å². The Bertz CT molecular complexity index is 869. The predicted octanol–water partition coefficient (Wildman–Crippen LogP) is 4.10. The monoisotopic (exact) mass is 480 g/mol. The van der Waals surface area contributed by atoms with Gasteiger partial charge < -0.3 is 10.0 Å². The Balaban J connectivity index is 2.50. The molecular weight excluding hydrogens is 452 g/mol. The van der Waals surface area contributed by atoms with Gasteiger partial charge in [0, 0.05) is 19.4 Å². The number of hydrogen-bond donors (Lipinski definition) is 1. The lowest BCUT2D eigenvalue weighted by molar-refractivity contribution is -0.144. The molecule has 0 spiro atoms. The van der Waals surface area contributed by atoms with Gasteiger partial charge in [-0.3, -0.25) is 19.3 Å². The van der Waals surface area contributed by atoms with Gasteiger partial charge in [-0.25, -0.2) is 0 Å². The van der Waals surface area contributed by atoms with Crippen LogP contribution >= 0.6 is 35.3 Å². The van der Waals surface area contributed by atoms with Crippen LogP contribution in [0.4, 0.5) is 0 Å². The van der Waals surface area contributed by atoms with Gasteiger partial charge in [0.2, 0.25) is 17.7 Å². The average Bonchev–Trinajstić information content (AvgIpc) is 3.07. The van der Waals surface area contributed by atoms with Crippen molar-refractivity contribution < 1.29 is 19.5 Å². The van der Waals surface area contributed by atoms with E-state index in [1.165, 1.54) is 17.1 Å². The van der Waals surface area contributed by atoms with Gasteiger partial charge in [0.1, 0.15) is 16.4 Å². The Kier molecular flexibility index (Phi) is 9.14. The Morgan fingerprint density at radius 1 is 1.23 bits per heavy atom. The molecule has 1 saturated heterocycles. The molecule has 2 rings (SSSR count). The largest absolute Gasteiger partial charge is 0.506 e. The summed E-state index contributed by atoms with van der Waals surface area (Å²) in [7, 11) is 0. The Hall–Kier alpha value is -1.84. The third kappa shape index (κ3) is 5.32. The zero-order chi connectivity index (χ0) is 23.2. The van der Waals surface area contributed by atoms with E-state index in [0.29, 0.717) is 5.70 Å². The number of hydrogen-bond acceptors (Lipinski definition) is 7. The Morgan fingerprint density at radius 3 is 2.35 bits per heavy atom. The highest BCUT2D eigenvalue weighted by molar-refractivity contribution is 8.18. The zero-order valence-electron chi connectivity index (χ0n) is 18.2. The minimum Gasteiger partial charge on any atom is -0.506 e. The number of thioether (sulfide) groups is 3. The second-order valence-corrected chi connectivity index (χ2v) is 9.98. The molecule has 6 nitrogen and oxygen atoms in total. The molecule has 2 heterocycles. The van der Waals surface area contributed by atoms with Crippen LogP contribution in [0.15, 0.2) is 58.9 Å². The molecule has 9 heteroatoms. The number of carbonyl (C=O) groups is 3. The van der Waals surface area contributed by atoms with E-state index in [2.05, 4.69) is 12.7 Å². The number of imide groups is 1. The van der Waals surface area contributed by atoms with Crippen molar-refractivity contribution in [3.63, 3.8) is 0 Å². The van der Waals surface area contributed by atoms with Gasteiger partial charge in [0.25, 0.3) is 0 Å². The summed E-state index contributed by atoms with van der Waals surface area (Å²) < 4.78 is -0.386. The normalized spacial score (nSPS) is 18.3. The van der Waals surface area contributed by atoms with E-state index in [1.54, 1.807) is 35.3 Å². The van der Waals surface area contributed by atoms with Crippen molar-refractivity contribution in [2.45, 2.75) is 23.8 Å². The van der Waals surface area contributed by atoms with Crippen molar-refractivity contribution in [2.24, 2.45) is 0 Å². The molecule has 2 aliphatic heterocycles. The van der Waals surface area contributed by atoms with Crippen molar-refractivity contribution in [1.82, 2.24) is 9.80 Å². The second kappa shape index (κ2) is 11.2. The molecule has 0 aromatic heterocycles. The fraction of sp³-hybridized carbons (Fsp3) is 0.409. The molecule has 0 aromatic carbocycles. The van der Waals surface area contributed by atoms with Crippen LogP contribution in [-0.4, -0.2) is 68.6 Å². The number of rotatable bonds is 9. The van der Waals surface area contributed by atoms with Gasteiger partial charge in [0.05, 0.1) is 5.70 Å². The lowest BCUT2D eigenvalue weighted by Gasteiger charge is -2.37. The van der Waals surface area contributed by atoms with E-state index in [0.717, 1.165) is 16.0 Å². The summed E-state index contributed by atoms with van der Waals surface area (Å²) in [5, 5.41) is 12.8. The van der Waals surface area contributed by atoms with E-state index < -0.39 is 5.91 Å². The summed E-state index contributed by atoms with van der Waals surface area (Å²) in [6.45, 7) is 5.40. The molecule has 1 fully saturated rings. The van der Waals surface area contributed by atoms with Crippen LogP contribution in [0, 0.1) is 0 Å². The lowest BCUT2D eigenvalue weighted by Crippen LogP contribution is -2.44. The lowest BCUT2D eigenvalue weighted by atomic mass is 9.95. The van der Waals surface area contributed by atoms with Crippen molar-refractivity contribution >= 4 is 53.0 Å². The summed E-state index contributed by atoms with van der Waals surface area (Å²) in [4.78, 5) is 39.5. The average molecular weight is 481 g/mol. The first kappa shape index (κ1) is 25.4.